The Balaban J connectivity index is 1.36. The Morgan fingerprint density at radius 1 is 1.00 bits per heavy atom. The first-order valence-corrected chi connectivity index (χ1v) is 12.1. The van der Waals surface area contributed by atoms with E-state index in [-0.39, 0.29) is 5.91 Å². The van der Waals surface area contributed by atoms with Crippen LogP contribution in [-0.2, 0) is 17.1 Å². The molecule has 0 unspecified atom stereocenters. The molecule has 1 saturated heterocycles. The first-order chi connectivity index (χ1) is 16.7. The lowest BCUT2D eigenvalue weighted by Gasteiger charge is -2.16. The summed E-state index contributed by atoms with van der Waals surface area (Å²) in [5.41, 5.74) is 3.74. The molecule has 0 atom stereocenters. The molecule has 0 spiro atoms. The van der Waals surface area contributed by atoms with Crippen molar-refractivity contribution in [3.05, 3.63) is 89.9 Å². The monoisotopic (exact) mass is 466 g/mol. The van der Waals surface area contributed by atoms with Crippen LogP contribution in [0.25, 0.3) is 16.9 Å². The summed E-state index contributed by atoms with van der Waals surface area (Å²) in [4.78, 5) is 18.5. The van der Waals surface area contributed by atoms with Crippen molar-refractivity contribution in [1.29, 1.82) is 5.26 Å². The molecule has 7 nitrogen and oxygen atoms in total. The molecule has 1 aliphatic rings. The van der Waals surface area contributed by atoms with Gasteiger partial charge in [-0.1, -0.05) is 60.3 Å². The second-order valence-electron chi connectivity index (χ2n) is 7.98. The summed E-state index contributed by atoms with van der Waals surface area (Å²) in [6.45, 7) is 1.17. The molecule has 1 fully saturated rings. The maximum atomic E-state index is 12.1. The Labute approximate surface area is 202 Å². The number of rotatable bonds is 7. The fourth-order valence-corrected chi connectivity index (χ4v) is 4.93. The van der Waals surface area contributed by atoms with E-state index in [9.17, 15) is 10.1 Å². The average Bonchev–Trinajstić information content (AvgIpc) is 3.49. The summed E-state index contributed by atoms with van der Waals surface area (Å²) < 4.78 is 1.94. The first-order valence-electron chi connectivity index (χ1n) is 11.1. The zero-order valence-electron chi connectivity index (χ0n) is 18.5. The minimum atomic E-state index is 0.155. The van der Waals surface area contributed by atoms with Gasteiger partial charge in [0.25, 0.3) is 0 Å². The Kier molecular flexibility index (Phi) is 6.36. The molecular weight excluding hydrogens is 444 g/mol. The predicted octanol–water partition coefficient (Wildman–Crippen LogP) is 4.62. The molecule has 0 radical (unpaired) electrons. The number of nitrogens with zero attached hydrogens (tertiary/aromatic N) is 6. The number of hydrogen-bond acceptors (Lipinski definition) is 6. The second kappa shape index (κ2) is 9.89. The average molecular weight is 467 g/mol. The molecule has 2 aromatic heterocycles. The molecule has 1 aliphatic heterocycles. The number of likely N-dealkylation sites (tertiary alicyclic amines) is 1. The highest BCUT2D eigenvalue weighted by atomic mass is 32.2. The molecule has 5 rings (SSSR count). The van der Waals surface area contributed by atoms with Crippen LogP contribution in [0.5, 0.6) is 0 Å². The van der Waals surface area contributed by atoms with Crippen LogP contribution >= 0.6 is 11.8 Å². The third-order valence-electron chi connectivity index (χ3n) is 5.76. The van der Waals surface area contributed by atoms with E-state index in [1.807, 2.05) is 64.1 Å². The second-order valence-corrected chi connectivity index (χ2v) is 8.93. The van der Waals surface area contributed by atoms with Gasteiger partial charge in [-0.2, -0.15) is 5.26 Å². The van der Waals surface area contributed by atoms with E-state index < -0.39 is 0 Å². The van der Waals surface area contributed by atoms with Gasteiger partial charge >= 0.3 is 0 Å². The van der Waals surface area contributed by atoms with E-state index >= 15 is 0 Å². The van der Waals surface area contributed by atoms with E-state index in [1.54, 1.807) is 18.0 Å². The fraction of sp³-hybridized carbons (Fsp3) is 0.192. The van der Waals surface area contributed by atoms with Gasteiger partial charge in [0, 0.05) is 24.9 Å². The quantitative estimate of drug-likeness (QED) is 0.370. The number of carbonyl (C=O) groups is 1. The Morgan fingerprint density at radius 3 is 2.56 bits per heavy atom. The Bertz CT molecular complexity index is 1340. The van der Waals surface area contributed by atoms with Crippen molar-refractivity contribution < 1.29 is 4.79 Å². The SMILES string of the molecule is N#Cc1ccccc1-c1ccc(CSc2nnc(CN3CCCC3=O)n2-c2ccccn2)cc1. The summed E-state index contributed by atoms with van der Waals surface area (Å²) in [5, 5.41) is 18.9. The molecule has 168 valence electrons. The summed E-state index contributed by atoms with van der Waals surface area (Å²) in [6.07, 6.45) is 3.22. The van der Waals surface area contributed by atoms with Gasteiger partial charge in [0.1, 0.15) is 5.82 Å². The van der Waals surface area contributed by atoms with Crippen molar-refractivity contribution in [2.24, 2.45) is 0 Å². The van der Waals surface area contributed by atoms with Crippen LogP contribution in [0.4, 0.5) is 0 Å². The van der Waals surface area contributed by atoms with Crippen LogP contribution in [0.2, 0.25) is 0 Å². The van der Waals surface area contributed by atoms with Crippen LogP contribution in [0.3, 0.4) is 0 Å². The maximum Gasteiger partial charge on any atom is 0.223 e. The molecule has 4 aromatic rings. The predicted molar refractivity (Wildman–Crippen MR) is 130 cm³/mol. The molecule has 3 heterocycles. The van der Waals surface area contributed by atoms with E-state index in [1.165, 1.54) is 0 Å². The fourth-order valence-electron chi connectivity index (χ4n) is 4.01. The number of thioether (sulfide) groups is 1. The van der Waals surface area contributed by atoms with E-state index in [2.05, 4.69) is 33.4 Å². The van der Waals surface area contributed by atoms with Crippen molar-refractivity contribution >= 4 is 17.7 Å². The largest absolute Gasteiger partial charge is 0.335 e. The van der Waals surface area contributed by atoms with Crippen LogP contribution in [0, 0.1) is 11.3 Å². The number of hydrogen-bond donors (Lipinski definition) is 0. The van der Waals surface area contributed by atoms with Gasteiger partial charge in [0.05, 0.1) is 18.2 Å². The van der Waals surface area contributed by atoms with Crippen molar-refractivity contribution in [2.45, 2.75) is 30.3 Å². The van der Waals surface area contributed by atoms with Gasteiger partial charge < -0.3 is 4.90 Å². The number of benzene rings is 2. The van der Waals surface area contributed by atoms with Gasteiger partial charge in [0.15, 0.2) is 11.0 Å². The minimum absolute atomic E-state index is 0.155. The number of nitriles is 1. The lowest BCUT2D eigenvalue weighted by Crippen LogP contribution is -2.25. The molecule has 0 saturated carbocycles. The van der Waals surface area contributed by atoms with Crippen LogP contribution in [0.1, 0.15) is 29.8 Å². The summed E-state index contributed by atoms with van der Waals surface area (Å²) in [7, 11) is 0. The van der Waals surface area contributed by atoms with Crippen molar-refractivity contribution in [1.82, 2.24) is 24.6 Å². The number of pyridine rings is 1. The van der Waals surface area contributed by atoms with E-state index in [0.29, 0.717) is 30.1 Å². The molecule has 8 heteroatoms. The van der Waals surface area contributed by atoms with Crippen molar-refractivity contribution in [3.8, 4) is 23.0 Å². The topological polar surface area (TPSA) is 87.7 Å². The standard InChI is InChI=1S/C26H22N6OS/c27-16-21-6-1-2-7-22(21)20-12-10-19(11-13-20)18-34-26-30-29-24(17-31-15-5-9-25(31)33)32(26)23-8-3-4-14-28-23/h1-4,6-8,10-14H,5,9,15,17-18H2. The summed E-state index contributed by atoms with van der Waals surface area (Å²) >= 11 is 1.58. The highest BCUT2D eigenvalue weighted by Crippen LogP contribution is 2.28. The third-order valence-corrected chi connectivity index (χ3v) is 6.76. The smallest absolute Gasteiger partial charge is 0.223 e. The Morgan fingerprint density at radius 2 is 1.82 bits per heavy atom. The van der Waals surface area contributed by atoms with E-state index in [4.69, 9.17) is 0 Å². The molecule has 0 N–H and O–H groups in total. The van der Waals surface area contributed by atoms with E-state index in [0.717, 1.165) is 40.6 Å². The van der Waals surface area contributed by atoms with Gasteiger partial charge in [-0.3, -0.25) is 9.36 Å². The van der Waals surface area contributed by atoms with Crippen LogP contribution in [0.15, 0.2) is 78.1 Å². The van der Waals surface area contributed by atoms with Crippen molar-refractivity contribution in [3.63, 3.8) is 0 Å². The minimum Gasteiger partial charge on any atom is -0.335 e. The zero-order valence-corrected chi connectivity index (χ0v) is 19.3. The van der Waals surface area contributed by atoms with Gasteiger partial charge in [-0.05, 0) is 41.3 Å². The van der Waals surface area contributed by atoms with Crippen molar-refractivity contribution in [2.75, 3.05) is 6.54 Å². The van der Waals surface area contributed by atoms with Gasteiger partial charge in [0.2, 0.25) is 5.91 Å². The van der Waals surface area contributed by atoms with Gasteiger partial charge in [-0.15, -0.1) is 10.2 Å². The third kappa shape index (κ3) is 4.56. The van der Waals surface area contributed by atoms with Crippen LogP contribution < -0.4 is 0 Å². The number of carbonyl (C=O) groups excluding carboxylic acids is 1. The summed E-state index contributed by atoms with van der Waals surface area (Å²) in [5.74, 6) is 2.30. The molecular formula is C26H22N6OS. The molecule has 0 aliphatic carbocycles. The molecule has 1 amide bonds. The Hall–Kier alpha value is -3.96. The highest BCUT2D eigenvalue weighted by molar-refractivity contribution is 7.98. The number of aromatic nitrogens is 4. The summed E-state index contributed by atoms with van der Waals surface area (Å²) in [6, 6.07) is 23.8. The normalized spacial score (nSPS) is 13.3. The zero-order chi connectivity index (χ0) is 23.3. The maximum absolute atomic E-state index is 12.1. The lowest BCUT2D eigenvalue weighted by atomic mass is 10.00. The van der Waals surface area contributed by atoms with Crippen LogP contribution in [-0.4, -0.2) is 37.1 Å². The lowest BCUT2D eigenvalue weighted by molar-refractivity contribution is -0.128. The molecule has 0 bridgehead atoms. The first kappa shape index (κ1) is 21.9. The van der Waals surface area contributed by atoms with Gasteiger partial charge in [-0.25, -0.2) is 4.98 Å². The highest BCUT2D eigenvalue weighted by Gasteiger charge is 2.24. The molecule has 2 aromatic carbocycles. The number of amides is 1. The molecule has 34 heavy (non-hydrogen) atoms.